The van der Waals surface area contributed by atoms with E-state index in [1.807, 2.05) is 24.3 Å². The molecule has 0 radical (unpaired) electrons. The first-order chi connectivity index (χ1) is 16.0. The second-order valence-electron chi connectivity index (χ2n) is 9.83. The van der Waals surface area contributed by atoms with Crippen LogP contribution in [0, 0.1) is 0 Å². The van der Waals surface area contributed by atoms with Gasteiger partial charge in [-0.2, -0.15) is 5.10 Å². The molecule has 9 heteroatoms. The number of aromatic amines is 1. The summed E-state index contributed by atoms with van der Waals surface area (Å²) in [7, 11) is 0. The fourth-order valence-corrected chi connectivity index (χ4v) is 4.48. The molecule has 0 atom stereocenters. The van der Waals surface area contributed by atoms with Crippen LogP contribution in [0.5, 0.6) is 5.75 Å². The highest BCUT2D eigenvalue weighted by Gasteiger charge is 2.40. The lowest BCUT2D eigenvalue weighted by Crippen LogP contribution is -2.54. The fraction of sp³-hybridized carbons (Fsp3) is 0.542. The van der Waals surface area contributed by atoms with Crippen LogP contribution in [-0.4, -0.2) is 70.3 Å². The number of ether oxygens (including phenoxy) is 2. The van der Waals surface area contributed by atoms with Gasteiger partial charge < -0.3 is 19.7 Å². The Bertz CT molecular complexity index is 1150. The first kappa shape index (κ1) is 20.8. The zero-order valence-electron chi connectivity index (χ0n) is 18.8. The number of anilines is 1. The number of rotatable bonds is 7. The van der Waals surface area contributed by atoms with Crippen molar-refractivity contribution in [3.63, 3.8) is 0 Å². The second-order valence-corrected chi connectivity index (χ2v) is 9.83. The Morgan fingerprint density at radius 2 is 1.94 bits per heavy atom. The maximum absolute atomic E-state index is 14.8. The Hall–Kier alpha value is -2.78. The molecule has 1 aliphatic carbocycles. The van der Waals surface area contributed by atoms with Gasteiger partial charge in [0.2, 0.25) is 0 Å². The molecule has 0 unspecified atom stereocenters. The maximum Gasteiger partial charge on any atom is 0.136 e. The molecule has 8 nitrogen and oxygen atoms in total. The molecule has 2 saturated heterocycles. The van der Waals surface area contributed by atoms with Crippen LogP contribution >= 0.6 is 0 Å². The van der Waals surface area contributed by atoms with E-state index in [1.54, 1.807) is 6.33 Å². The molecule has 174 valence electrons. The zero-order chi connectivity index (χ0) is 22.5. The summed E-state index contributed by atoms with van der Waals surface area (Å²) in [4.78, 5) is 11.0. The molecule has 4 heterocycles. The highest BCUT2D eigenvalue weighted by molar-refractivity contribution is 5.93. The summed E-state index contributed by atoms with van der Waals surface area (Å²) in [6.45, 7) is 5.13. The fourth-order valence-electron chi connectivity index (χ4n) is 4.48. The molecule has 0 bridgehead atoms. The minimum absolute atomic E-state index is 0.0284. The van der Waals surface area contributed by atoms with Crippen LogP contribution in [0.3, 0.4) is 0 Å². The molecule has 3 aromatic rings. The molecule has 3 fully saturated rings. The van der Waals surface area contributed by atoms with Gasteiger partial charge >= 0.3 is 0 Å². The summed E-state index contributed by atoms with van der Waals surface area (Å²) in [6, 6.07) is 7.95. The predicted molar refractivity (Wildman–Crippen MR) is 123 cm³/mol. The Balaban J connectivity index is 1.13. The van der Waals surface area contributed by atoms with Crippen molar-refractivity contribution in [3.05, 3.63) is 30.6 Å². The van der Waals surface area contributed by atoms with Gasteiger partial charge in [0.15, 0.2) is 0 Å². The average Bonchev–Trinajstić information content (AvgIpc) is 3.35. The summed E-state index contributed by atoms with van der Waals surface area (Å²) in [5, 5.41) is 11.8. The molecule has 1 saturated carbocycles. The van der Waals surface area contributed by atoms with Crippen LogP contribution in [-0.2, 0) is 4.74 Å². The number of hydrogen-bond donors (Lipinski definition) is 2. The van der Waals surface area contributed by atoms with Crippen LogP contribution in [0.1, 0.15) is 32.6 Å². The molecular formula is C24H29FN6O2. The van der Waals surface area contributed by atoms with E-state index in [4.69, 9.17) is 9.47 Å². The summed E-state index contributed by atoms with van der Waals surface area (Å²) >= 11 is 0. The number of halogens is 1. The van der Waals surface area contributed by atoms with Gasteiger partial charge in [-0.15, -0.1) is 0 Å². The molecule has 1 aromatic carbocycles. The molecule has 0 amide bonds. The number of nitrogens with zero attached hydrogens (tertiary/aromatic N) is 4. The lowest BCUT2D eigenvalue weighted by atomic mass is 9.95. The van der Waals surface area contributed by atoms with Crippen molar-refractivity contribution in [2.24, 2.45) is 0 Å². The highest BCUT2D eigenvalue weighted by atomic mass is 19.1. The standard InChI is InChI=1S/C24H29FN6O2/c1-23(4-5-23)33-16-2-3-19-18(10-16)22(30-29-19)20-11-21(28-15-27-20)31-12-17(13-31)32-14-24(25)6-8-26-9-7-24/h2-3,10-11,15,17,26H,4-9,12-14H2,1H3,(H,29,30). The van der Waals surface area contributed by atoms with Gasteiger partial charge in [-0.1, -0.05) is 0 Å². The Morgan fingerprint density at radius 1 is 1.12 bits per heavy atom. The minimum Gasteiger partial charge on any atom is -0.488 e. The van der Waals surface area contributed by atoms with Crippen LogP contribution < -0.4 is 15.0 Å². The van der Waals surface area contributed by atoms with E-state index in [2.05, 4.69) is 37.3 Å². The van der Waals surface area contributed by atoms with Crippen molar-refractivity contribution in [2.45, 2.75) is 50.0 Å². The molecule has 33 heavy (non-hydrogen) atoms. The van der Waals surface area contributed by atoms with Crippen molar-refractivity contribution < 1.29 is 13.9 Å². The number of nitrogens with one attached hydrogen (secondary N) is 2. The molecule has 2 aromatic heterocycles. The van der Waals surface area contributed by atoms with Gasteiger partial charge in [-0.3, -0.25) is 5.10 Å². The Morgan fingerprint density at radius 3 is 2.73 bits per heavy atom. The van der Waals surface area contributed by atoms with E-state index < -0.39 is 5.67 Å². The van der Waals surface area contributed by atoms with Gasteiger partial charge in [0, 0.05) is 24.5 Å². The Labute approximate surface area is 191 Å². The van der Waals surface area contributed by atoms with E-state index in [-0.39, 0.29) is 18.3 Å². The molecular weight excluding hydrogens is 423 g/mol. The minimum atomic E-state index is -1.20. The lowest BCUT2D eigenvalue weighted by molar-refractivity contribution is -0.0490. The highest BCUT2D eigenvalue weighted by Crippen LogP contribution is 2.40. The van der Waals surface area contributed by atoms with Crippen molar-refractivity contribution >= 4 is 16.7 Å². The first-order valence-corrected chi connectivity index (χ1v) is 11.7. The monoisotopic (exact) mass is 452 g/mol. The quantitative estimate of drug-likeness (QED) is 0.569. The summed E-state index contributed by atoms with van der Waals surface area (Å²) in [5.41, 5.74) is 1.23. The lowest BCUT2D eigenvalue weighted by Gasteiger charge is -2.41. The summed E-state index contributed by atoms with van der Waals surface area (Å²) in [5.74, 6) is 1.67. The molecule has 0 spiro atoms. The molecule has 2 N–H and O–H groups in total. The summed E-state index contributed by atoms with van der Waals surface area (Å²) in [6.07, 6.45) is 4.80. The largest absolute Gasteiger partial charge is 0.488 e. The molecule has 3 aliphatic rings. The SMILES string of the molecule is CC1(Oc2ccc3[nH]nc(-c4cc(N5CC(OCC6(F)CCNCC6)C5)ncn4)c3c2)CC1. The number of hydrogen-bond acceptors (Lipinski definition) is 7. The van der Waals surface area contributed by atoms with Crippen molar-refractivity contribution in [2.75, 3.05) is 37.7 Å². The number of alkyl halides is 1. The van der Waals surface area contributed by atoms with Crippen LogP contribution in [0.15, 0.2) is 30.6 Å². The van der Waals surface area contributed by atoms with Crippen molar-refractivity contribution in [1.29, 1.82) is 0 Å². The van der Waals surface area contributed by atoms with Crippen LogP contribution in [0.4, 0.5) is 10.2 Å². The molecule has 2 aliphatic heterocycles. The smallest absolute Gasteiger partial charge is 0.136 e. The average molecular weight is 453 g/mol. The van der Waals surface area contributed by atoms with Crippen LogP contribution in [0.2, 0.25) is 0 Å². The second kappa shape index (κ2) is 7.92. The summed E-state index contributed by atoms with van der Waals surface area (Å²) < 4.78 is 26.8. The predicted octanol–water partition coefficient (Wildman–Crippen LogP) is 3.25. The van der Waals surface area contributed by atoms with Crippen molar-refractivity contribution in [1.82, 2.24) is 25.5 Å². The van der Waals surface area contributed by atoms with Crippen LogP contribution in [0.25, 0.3) is 22.3 Å². The number of benzene rings is 1. The topological polar surface area (TPSA) is 88.2 Å². The first-order valence-electron chi connectivity index (χ1n) is 11.7. The third-order valence-electron chi connectivity index (χ3n) is 7.00. The van der Waals surface area contributed by atoms with Gasteiger partial charge in [0.05, 0.1) is 23.9 Å². The third kappa shape index (κ3) is 4.27. The number of H-pyrrole nitrogens is 1. The van der Waals surface area contributed by atoms with Gasteiger partial charge in [-0.25, -0.2) is 14.4 Å². The Kier molecular flexibility index (Phi) is 4.99. The van der Waals surface area contributed by atoms with Gasteiger partial charge in [-0.05, 0) is 63.9 Å². The van der Waals surface area contributed by atoms with E-state index in [9.17, 15) is 4.39 Å². The maximum atomic E-state index is 14.8. The van der Waals surface area contributed by atoms with Crippen molar-refractivity contribution in [3.8, 4) is 17.1 Å². The number of fused-ring (bicyclic) bond motifs is 1. The van der Waals surface area contributed by atoms with E-state index in [0.29, 0.717) is 25.9 Å². The van der Waals surface area contributed by atoms with E-state index in [1.165, 1.54) is 0 Å². The van der Waals surface area contributed by atoms with Gasteiger partial charge in [0.25, 0.3) is 0 Å². The normalized spacial score (nSPS) is 21.7. The number of piperidine rings is 1. The van der Waals surface area contributed by atoms with E-state index in [0.717, 1.165) is 59.8 Å². The van der Waals surface area contributed by atoms with Gasteiger partial charge in [0.1, 0.15) is 34.9 Å². The number of aromatic nitrogens is 4. The van der Waals surface area contributed by atoms with E-state index >= 15 is 0 Å². The third-order valence-corrected chi connectivity index (χ3v) is 7.00. The molecule has 6 rings (SSSR count). The zero-order valence-corrected chi connectivity index (χ0v) is 18.8.